The highest BCUT2D eigenvalue weighted by atomic mass is 79.9. The molecule has 1 heterocycles. The van der Waals surface area contributed by atoms with Crippen molar-refractivity contribution in [2.45, 2.75) is 12.8 Å². The number of para-hydroxylation sites is 1. The van der Waals surface area contributed by atoms with E-state index in [1.807, 2.05) is 18.2 Å². The largest absolute Gasteiger partial charge is 0.489 e. The fraction of sp³-hybridized carbons (Fsp3) is 0.455. The molecule has 0 N–H and O–H groups in total. The van der Waals surface area contributed by atoms with E-state index in [1.54, 1.807) is 0 Å². The number of rotatable bonds is 0. The zero-order chi connectivity index (χ0) is 9.60. The zero-order valence-electron chi connectivity index (χ0n) is 7.75. The number of benzene rings is 1. The summed E-state index contributed by atoms with van der Waals surface area (Å²) < 4.78 is 12.5. The Balaban J connectivity index is 1.96. The van der Waals surface area contributed by atoms with Crippen molar-refractivity contribution >= 4 is 15.9 Å². The van der Waals surface area contributed by atoms with Crippen LogP contribution in [0.1, 0.15) is 12.8 Å². The van der Waals surface area contributed by atoms with Gasteiger partial charge in [0.15, 0.2) is 11.5 Å². The lowest BCUT2D eigenvalue weighted by Gasteiger charge is -2.09. The summed E-state index contributed by atoms with van der Waals surface area (Å²) in [5.74, 6) is 1.72. The number of hydrogen-bond donors (Lipinski definition) is 0. The molecule has 0 aromatic heterocycles. The van der Waals surface area contributed by atoms with Crippen molar-refractivity contribution < 1.29 is 9.47 Å². The van der Waals surface area contributed by atoms with Gasteiger partial charge in [-0.05, 0) is 40.9 Å². The quantitative estimate of drug-likeness (QED) is 0.709. The Hall–Kier alpha value is -0.700. The molecule has 14 heavy (non-hydrogen) atoms. The first kappa shape index (κ1) is 8.60. The van der Waals surface area contributed by atoms with Crippen molar-refractivity contribution in [3.63, 3.8) is 0 Å². The molecule has 3 rings (SSSR count). The molecule has 2 aliphatic rings. The maximum atomic E-state index is 5.79. The lowest BCUT2D eigenvalue weighted by atomic mass is 10.1. The third-order valence-corrected chi connectivity index (χ3v) is 3.57. The van der Waals surface area contributed by atoms with Crippen LogP contribution in [-0.4, -0.2) is 13.2 Å². The van der Waals surface area contributed by atoms with Gasteiger partial charge in [0, 0.05) is 5.41 Å². The molecular weight excluding hydrogens is 244 g/mol. The molecule has 1 saturated carbocycles. The van der Waals surface area contributed by atoms with Gasteiger partial charge in [0.05, 0.1) is 17.7 Å². The van der Waals surface area contributed by atoms with Gasteiger partial charge in [-0.15, -0.1) is 0 Å². The van der Waals surface area contributed by atoms with Crippen LogP contribution in [0.25, 0.3) is 0 Å². The Morgan fingerprint density at radius 2 is 1.93 bits per heavy atom. The van der Waals surface area contributed by atoms with E-state index in [4.69, 9.17) is 9.47 Å². The molecule has 0 saturated heterocycles. The maximum Gasteiger partial charge on any atom is 0.175 e. The average molecular weight is 255 g/mol. The second kappa shape index (κ2) is 2.89. The van der Waals surface area contributed by atoms with Gasteiger partial charge in [0.25, 0.3) is 0 Å². The molecule has 0 amide bonds. The summed E-state index contributed by atoms with van der Waals surface area (Å²) in [6, 6.07) is 5.91. The Bertz CT molecular complexity index is 372. The molecule has 74 valence electrons. The zero-order valence-corrected chi connectivity index (χ0v) is 9.34. The first-order valence-corrected chi connectivity index (χ1v) is 5.63. The van der Waals surface area contributed by atoms with E-state index in [2.05, 4.69) is 15.9 Å². The van der Waals surface area contributed by atoms with Gasteiger partial charge < -0.3 is 9.47 Å². The summed E-state index contributed by atoms with van der Waals surface area (Å²) in [7, 11) is 0. The van der Waals surface area contributed by atoms with Crippen LogP contribution in [0.15, 0.2) is 22.7 Å². The topological polar surface area (TPSA) is 18.5 Å². The first-order valence-electron chi connectivity index (χ1n) is 4.83. The van der Waals surface area contributed by atoms with E-state index in [1.165, 1.54) is 12.8 Å². The molecule has 2 nitrogen and oxygen atoms in total. The van der Waals surface area contributed by atoms with Gasteiger partial charge in [-0.3, -0.25) is 0 Å². The second-order valence-corrected chi connectivity index (χ2v) is 5.00. The molecule has 1 spiro atoms. The fourth-order valence-electron chi connectivity index (χ4n) is 1.71. The van der Waals surface area contributed by atoms with E-state index in [9.17, 15) is 0 Å². The van der Waals surface area contributed by atoms with Crippen LogP contribution >= 0.6 is 15.9 Å². The van der Waals surface area contributed by atoms with Crippen LogP contribution in [-0.2, 0) is 0 Å². The van der Waals surface area contributed by atoms with Crippen molar-refractivity contribution in [1.29, 1.82) is 0 Å². The molecule has 1 aliphatic carbocycles. The number of hydrogen-bond acceptors (Lipinski definition) is 2. The van der Waals surface area contributed by atoms with E-state index >= 15 is 0 Å². The Labute approximate surface area is 91.3 Å². The van der Waals surface area contributed by atoms with Crippen molar-refractivity contribution in [2.24, 2.45) is 5.41 Å². The van der Waals surface area contributed by atoms with Crippen LogP contribution in [0, 0.1) is 5.41 Å². The predicted molar refractivity (Wildman–Crippen MR) is 56.8 cm³/mol. The molecule has 1 aliphatic heterocycles. The minimum absolute atomic E-state index is 0.318. The average Bonchev–Trinajstić information content (AvgIpc) is 2.96. The highest BCUT2D eigenvalue weighted by molar-refractivity contribution is 9.10. The van der Waals surface area contributed by atoms with E-state index in [0.717, 1.165) is 29.2 Å². The summed E-state index contributed by atoms with van der Waals surface area (Å²) in [6.45, 7) is 1.60. The van der Waals surface area contributed by atoms with Crippen LogP contribution in [0.3, 0.4) is 0 Å². The number of ether oxygens (including phenoxy) is 2. The van der Waals surface area contributed by atoms with Crippen molar-refractivity contribution in [3.8, 4) is 11.5 Å². The van der Waals surface area contributed by atoms with Crippen molar-refractivity contribution in [1.82, 2.24) is 0 Å². The highest BCUT2D eigenvalue weighted by Crippen LogP contribution is 2.50. The molecular formula is C11H11BrO2. The molecule has 0 unspecified atom stereocenters. The minimum atomic E-state index is 0.318. The maximum absolute atomic E-state index is 5.79. The van der Waals surface area contributed by atoms with Gasteiger partial charge in [-0.2, -0.15) is 0 Å². The van der Waals surface area contributed by atoms with Gasteiger partial charge >= 0.3 is 0 Å². The highest BCUT2D eigenvalue weighted by Gasteiger charge is 2.46. The molecule has 1 aromatic carbocycles. The molecule has 0 radical (unpaired) electrons. The smallest absolute Gasteiger partial charge is 0.175 e. The first-order chi connectivity index (χ1) is 6.79. The summed E-state index contributed by atoms with van der Waals surface area (Å²) >= 11 is 3.47. The summed E-state index contributed by atoms with van der Waals surface area (Å²) in [6.07, 6.45) is 2.47. The lowest BCUT2D eigenvalue weighted by Crippen LogP contribution is -2.17. The lowest BCUT2D eigenvalue weighted by molar-refractivity contribution is 0.196. The minimum Gasteiger partial charge on any atom is -0.489 e. The molecule has 0 atom stereocenters. The van der Waals surface area contributed by atoms with E-state index in [0.29, 0.717) is 5.41 Å². The van der Waals surface area contributed by atoms with Crippen LogP contribution in [0.4, 0.5) is 0 Å². The van der Waals surface area contributed by atoms with Crippen LogP contribution in [0.2, 0.25) is 0 Å². The summed E-state index contributed by atoms with van der Waals surface area (Å²) in [5, 5.41) is 0. The predicted octanol–water partition coefficient (Wildman–Crippen LogP) is 3.00. The molecule has 1 aromatic rings. The van der Waals surface area contributed by atoms with Crippen molar-refractivity contribution in [2.75, 3.05) is 13.2 Å². The Kier molecular flexibility index (Phi) is 1.78. The Morgan fingerprint density at radius 1 is 1.14 bits per heavy atom. The summed E-state index contributed by atoms with van der Waals surface area (Å²) in [5.41, 5.74) is 0.318. The monoisotopic (exact) mass is 254 g/mol. The molecule has 1 fully saturated rings. The van der Waals surface area contributed by atoms with E-state index in [-0.39, 0.29) is 0 Å². The Morgan fingerprint density at radius 3 is 2.71 bits per heavy atom. The van der Waals surface area contributed by atoms with Gasteiger partial charge in [0.2, 0.25) is 0 Å². The SMILES string of the molecule is Brc1cccc2c1OCC1(CC1)CO2. The van der Waals surface area contributed by atoms with E-state index < -0.39 is 0 Å². The standard InChI is InChI=1S/C11H11BrO2/c12-8-2-1-3-9-10(8)14-7-11(4-5-11)6-13-9/h1-3H,4-7H2. The van der Waals surface area contributed by atoms with Gasteiger partial charge in [0.1, 0.15) is 0 Å². The second-order valence-electron chi connectivity index (χ2n) is 4.14. The van der Waals surface area contributed by atoms with Crippen LogP contribution < -0.4 is 9.47 Å². The third kappa shape index (κ3) is 1.31. The fourth-order valence-corrected chi connectivity index (χ4v) is 2.17. The van der Waals surface area contributed by atoms with Crippen LogP contribution in [0.5, 0.6) is 11.5 Å². The van der Waals surface area contributed by atoms with Gasteiger partial charge in [-0.1, -0.05) is 6.07 Å². The van der Waals surface area contributed by atoms with Gasteiger partial charge in [-0.25, -0.2) is 0 Å². The van der Waals surface area contributed by atoms with Crippen molar-refractivity contribution in [3.05, 3.63) is 22.7 Å². The number of fused-ring (bicyclic) bond motifs is 1. The molecule has 3 heteroatoms. The third-order valence-electron chi connectivity index (χ3n) is 2.94. The molecule has 0 bridgehead atoms. The normalized spacial score (nSPS) is 21.8. The number of halogens is 1. The summed E-state index contributed by atoms with van der Waals surface area (Å²) in [4.78, 5) is 0.